The minimum absolute atomic E-state index is 0.190. The maximum atomic E-state index is 12.2. The molecule has 4 rings (SSSR count). The summed E-state index contributed by atoms with van der Waals surface area (Å²) in [4.78, 5) is 30.9. The van der Waals surface area contributed by atoms with Crippen LogP contribution in [0.15, 0.2) is 48.8 Å². The molecule has 8 heteroatoms. The van der Waals surface area contributed by atoms with Crippen molar-refractivity contribution < 1.29 is 19.1 Å². The first-order valence-electron chi connectivity index (χ1n) is 12.1. The maximum Gasteiger partial charge on any atom is 0.229 e. The van der Waals surface area contributed by atoms with Crippen LogP contribution in [0.1, 0.15) is 31.4 Å². The van der Waals surface area contributed by atoms with E-state index in [1.165, 1.54) is 0 Å². The van der Waals surface area contributed by atoms with Crippen LogP contribution in [0.3, 0.4) is 0 Å². The molecule has 0 fully saturated rings. The molecule has 35 heavy (non-hydrogen) atoms. The molecule has 0 saturated carbocycles. The highest BCUT2D eigenvalue weighted by molar-refractivity contribution is 5.97. The number of nitrogens with one attached hydrogen (secondary N) is 4. The van der Waals surface area contributed by atoms with E-state index in [1.54, 1.807) is 0 Å². The van der Waals surface area contributed by atoms with Crippen LogP contribution in [0.4, 0.5) is 0 Å². The van der Waals surface area contributed by atoms with Gasteiger partial charge in [-0.15, -0.1) is 0 Å². The summed E-state index contributed by atoms with van der Waals surface area (Å²) in [6.07, 6.45) is 5.02. The first-order chi connectivity index (χ1) is 17.1. The van der Waals surface area contributed by atoms with E-state index < -0.39 is 0 Å². The van der Waals surface area contributed by atoms with E-state index in [2.05, 4.69) is 20.6 Å². The molecule has 4 aromatic rings. The number of hydrogen-bond donors (Lipinski definition) is 4. The predicted molar refractivity (Wildman–Crippen MR) is 137 cm³/mol. The van der Waals surface area contributed by atoms with Crippen LogP contribution in [-0.2, 0) is 22.4 Å². The van der Waals surface area contributed by atoms with Crippen molar-refractivity contribution in [2.24, 2.45) is 0 Å². The highest BCUT2D eigenvalue weighted by Gasteiger charge is 2.11. The van der Waals surface area contributed by atoms with Gasteiger partial charge >= 0.3 is 0 Å². The number of rotatable bonds is 12. The van der Waals surface area contributed by atoms with E-state index in [9.17, 15) is 9.59 Å². The van der Waals surface area contributed by atoms with Crippen molar-refractivity contribution in [3.63, 3.8) is 0 Å². The SMILES string of the molecule is CCOc1ccc2[nH]cc(CCNC(=O)CC(=O)NCCc3c[nH]c4ccc(OCC)cc34)c2c1. The van der Waals surface area contributed by atoms with E-state index in [1.807, 2.05) is 62.6 Å². The molecule has 0 radical (unpaired) electrons. The Morgan fingerprint density at radius 3 is 1.63 bits per heavy atom. The Morgan fingerprint density at radius 2 is 1.20 bits per heavy atom. The van der Waals surface area contributed by atoms with Gasteiger partial charge in [-0.3, -0.25) is 9.59 Å². The van der Waals surface area contributed by atoms with Gasteiger partial charge in [0.1, 0.15) is 17.9 Å². The van der Waals surface area contributed by atoms with Crippen molar-refractivity contribution >= 4 is 33.6 Å². The summed E-state index contributed by atoms with van der Waals surface area (Å²) in [5, 5.41) is 7.83. The number of aromatic amines is 2. The molecule has 0 aliphatic heterocycles. The highest BCUT2D eigenvalue weighted by atomic mass is 16.5. The van der Waals surface area contributed by atoms with Gasteiger partial charge in [0.2, 0.25) is 11.8 Å². The van der Waals surface area contributed by atoms with Crippen LogP contribution in [0, 0.1) is 0 Å². The van der Waals surface area contributed by atoms with Gasteiger partial charge in [0.25, 0.3) is 0 Å². The van der Waals surface area contributed by atoms with Crippen LogP contribution < -0.4 is 20.1 Å². The summed E-state index contributed by atoms with van der Waals surface area (Å²) in [5.74, 6) is 1.07. The summed E-state index contributed by atoms with van der Waals surface area (Å²) in [7, 11) is 0. The normalized spacial score (nSPS) is 11.0. The molecular weight excluding hydrogens is 444 g/mol. The van der Waals surface area contributed by atoms with Crippen molar-refractivity contribution in [3.05, 3.63) is 59.9 Å². The molecule has 8 nitrogen and oxygen atoms in total. The van der Waals surface area contributed by atoms with Crippen LogP contribution in [-0.4, -0.2) is 48.1 Å². The molecule has 0 saturated heterocycles. The molecule has 0 bridgehead atoms. The average Bonchev–Trinajstić information content (AvgIpc) is 3.43. The quantitative estimate of drug-likeness (QED) is 0.233. The lowest BCUT2D eigenvalue weighted by Crippen LogP contribution is -2.33. The number of carbonyl (C=O) groups is 2. The van der Waals surface area contributed by atoms with Gasteiger partial charge in [-0.25, -0.2) is 0 Å². The van der Waals surface area contributed by atoms with Crippen LogP contribution >= 0.6 is 0 Å². The predicted octanol–water partition coefficient (Wildman–Crippen LogP) is 3.85. The minimum Gasteiger partial charge on any atom is -0.494 e. The second-order valence-corrected chi connectivity index (χ2v) is 8.29. The average molecular weight is 477 g/mol. The van der Waals surface area contributed by atoms with Crippen molar-refractivity contribution in [3.8, 4) is 11.5 Å². The van der Waals surface area contributed by atoms with E-state index in [-0.39, 0.29) is 18.2 Å². The summed E-state index contributed by atoms with van der Waals surface area (Å²) in [5.41, 5.74) is 4.24. The summed E-state index contributed by atoms with van der Waals surface area (Å²) in [6.45, 7) is 6.04. The lowest BCUT2D eigenvalue weighted by Gasteiger charge is -2.07. The van der Waals surface area contributed by atoms with E-state index in [4.69, 9.17) is 9.47 Å². The standard InChI is InChI=1S/C27H32N4O4/c1-3-34-20-5-7-24-22(13-20)18(16-30-24)9-11-28-26(32)15-27(33)29-12-10-19-17-31-25-8-6-21(35-4-2)14-23(19)25/h5-8,13-14,16-17,30-31H,3-4,9-12,15H2,1-2H3,(H,28,32)(H,29,33). The number of carbonyl (C=O) groups excluding carboxylic acids is 2. The molecule has 0 aliphatic carbocycles. The Labute approximate surface area is 204 Å². The van der Waals surface area contributed by atoms with Gasteiger partial charge < -0.3 is 30.1 Å². The lowest BCUT2D eigenvalue weighted by atomic mass is 10.1. The Morgan fingerprint density at radius 1 is 0.743 bits per heavy atom. The number of aromatic nitrogens is 2. The second-order valence-electron chi connectivity index (χ2n) is 8.29. The Balaban J connectivity index is 1.21. The molecule has 2 heterocycles. The number of fused-ring (bicyclic) bond motifs is 2. The molecule has 2 aromatic carbocycles. The van der Waals surface area contributed by atoms with E-state index >= 15 is 0 Å². The molecular formula is C27H32N4O4. The maximum absolute atomic E-state index is 12.2. The van der Waals surface area contributed by atoms with Crippen LogP contribution in [0.25, 0.3) is 21.8 Å². The third-order valence-corrected chi connectivity index (χ3v) is 5.85. The molecule has 184 valence electrons. The highest BCUT2D eigenvalue weighted by Crippen LogP contribution is 2.25. The largest absolute Gasteiger partial charge is 0.494 e. The number of amides is 2. The zero-order valence-electron chi connectivity index (χ0n) is 20.2. The van der Waals surface area contributed by atoms with Crippen molar-refractivity contribution in [2.75, 3.05) is 26.3 Å². The molecule has 2 aromatic heterocycles. The number of benzene rings is 2. The fourth-order valence-corrected chi connectivity index (χ4v) is 4.19. The summed E-state index contributed by atoms with van der Waals surface area (Å²) < 4.78 is 11.2. The molecule has 0 aliphatic rings. The molecule has 2 amide bonds. The van der Waals surface area contributed by atoms with Gasteiger partial charge in [0, 0.05) is 47.3 Å². The van der Waals surface area contributed by atoms with Gasteiger partial charge in [0.15, 0.2) is 0 Å². The topological polar surface area (TPSA) is 108 Å². The first kappa shape index (κ1) is 24.2. The Hall–Kier alpha value is -3.94. The number of hydrogen-bond acceptors (Lipinski definition) is 4. The zero-order chi connectivity index (χ0) is 24.6. The molecule has 0 atom stereocenters. The molecule has 4 N–H and O–H groups in total. The number of H-pyrrole nitrogens is 2. The second kappa shape index (κ2) is 11.5. The first-order valence-corrected chi connectivity index (χ1v) is 12.1. The van der Waals surface area contributed by atoms with Crippen molar-refractivity contribution in [2.45, 2.75) is 33.1 Å². The Kier molecular flexibility index (Phi) is 7.92. The van der Waals surface area contributed by atoms with Gasteiger partial charge in [-0.2, -0.15) is 0 Å². The summed E-state index contributed by atoms with van der Waals surface area (Å²) >= 11 is 0. The fourth-order valence-electron chi connectivity index (χ4n) is 4.19. The van der Waals surface area contributed by atoms with Crippen molar-refractivity contribution in [1.82, 2.24) is 20.6 Å². The third kappa shape index (κ3) is 6.15. The van der Waals surface area contributed by atoms with Gasteiger partial charge in [-0.05, 0) is 74.2 Å². The van der Waals surface area contributed by atoms with Crippen LogP contribution in [0.5, 0.6) is 11.5 Å². The van der Waals surface area contributed by atoms with Crippen molar-refractivity contribution in [1.29, 1.82) is 0 Å². The Bertz CT molecular complexity index is 1210. The van der Waals surface area contributed by atoms with E-state index in [0.717, 1.165) is 44.4 Å². The summed E-state index contributed by atoms with van der Waals surface area (Å²) in [6, 6.07) is 11.9. The molecule has 0 spiro atoms. The smallest absolute Gasteiger partial charge is 0.229 e. The number of ether oxygens (including phenoxy) is 2. The minimum atomic E-state index is -0.286. The van der Waals surface area contributed by atoms with Crippen LogP contribution in [0.2, 0.25) is 0 Å². The fraction of sp³-hybridized carbons (Fsp3) is 0.333. The molecule has 0 unspecified atom stereocenters. The third-order valence-electron chi connectivity index (χ3n) is 5.85. The van der Waals surface area contributed by atoms with Gasteiger partial charge in [0.05, 0.1) is 13.2 Å². The van der Waals surface area contributed by atoms with Gasteiger partial charge in [-0.1, -0.05) is 0 Å². The van der Waals surface area contributed by atoms with E-state index in [0.29, 0.717) is 39.1 Å². The lowest BCUT2D eigenvalue weighted by molar-refractivity contribution is -0.129. The monoisotopic (exact) mass is 476 g/mol. The zero-order valence-corrected chi connectivity index (χ0v) is 20.2.